The summed E-state index contributed by atoms with van der Waals surface area (Å²) in [6.45, 7) is 3.01. The zero-order chi connectivity index (χ0) is 9.94. The molecule has 0 fully saturated rings. The Labute approximate surface area is 95.9 Å². The average molecular weight is 243 g/mol. The van der Waals surface area contributed by atoms with Crippen LogP contribution in [0.5, 0.6) is 0 Å². The van der Waals surface area contributed by atoms with E-state index < -0.39 is 0 Å². The molecule has 2 N–H and O–H groups in total. The molecule has 0 aliphatic heterocycles. The van der Waals surface area contributed by atoms with Crippen LogP contribution in [0.4, 0.5) is 0 Å². The molecule has 0 unspecified atom stereocenters. The van der Waals surface area contributed by atoms with Gasteiger partial charge in [-0.25, -0.2) is 0 Å². The van der Waals surface area contributed by atoms with Crippen molar-refractivity contribution in [2.75, 3.05) is 45.4 Å². The van der Waals surface area contributed by atoms with Crippen molar-refractivity contribution in [3.63, 3.8) is 0 Å². The minimum atomic E-state index is 0. The predicted molar refractivity (Wildman–Crippen MR) is 63.4 cm³/mol. The molecule has 0 rings (SSSR count). The molecule has 0 aromatic carbocycles. The van der Waals surface area contributed by atoms with Crippen molar-refractivity contribution in [2.45, 2.75) is 0 Å². The van der Waals surface area contributed by atoms with E-state index in [0.717, 1.165) is 13.1 Å². The molecule has 86 valence electrons. The first-order valence-corrected chi connectivity index (χ1v) is 5.66. The highest BCUT2D eigenvalue weighted by Crippen LogP contribution is 1.88. The number of methoxy groups -OCH3 is 1. The summed E-state index contributed by atoms with van der Waals surface area (Å²) in [4.78, 5) is 10.9. The first-order chi connectivity index (χ1) is 6.31. The molecule has 0 aromatic heterocycles. The van der Waals surface area contributed by atoms with Gasteiger partial charge >= 0.3 is 0 Å². The lowest BCUT2D eigenvalue weighted by Gasteiger charge is -2.05. The Kier molecular flexibility index (Phi) is 15.3. The van der Waals surface area contributed by atoms with Gasteiger partial charge in [0.2, 0.25) is 5.91 Å². The number of hydrogen-bond acceptors (Lipinski definition) is 4. The maximum atomic E-state index is 10.9. The lowest BCUT2D eigenvalue weighted by molar-refractivity contribution is -0.118. The number of ether oxygens (including phenoxy) is 1. The molecule has 0 aliphatic rings. The fourth-order valence-corrected chi connectivity index (χ4v) is 1.14. The number of nitrogens with one attached hydrogen (secondary N) is 2. The molecule has 0 bridgehead atoms. The van der Waals surface area contributed by atoms with E-state index in [9.17, 15) is 4.79 Å². The van der Waals surface area contributed by atoms with Gasteiger partial charge in [0.1, 0.15) is 0 Å². The second-order valence-electron chi connectivity index (χ2n) is 2.53. The average Bonchev–Trinajstić information content (AvgIpc) is 2.11. The third kappa shape index (κ3) is 12.0. The van der Waals surface area contributed by atoms with E-state index in [4.69, 9.17) is 4.74 Å². The summed E-state index contributed by atoms with van der Waals surface area (Å²) in [5.74, 6) is 0.638. The topological polar surface area (TPSA) is 50.4 Å². The Morgan fingerprint density at radius 1 is 1.36 bits per heavy atom. The Morgan fingerprint density at radius 2 is 2.07 bits per heavy atom. The van der Waals surface area contributed by atoms with Gasteiger partial charge in [0.05, 0.1) is 12.4 Å². The summed E-state index contributed by atoms with van der Waals surface area (Å²) in [6, 6.07) is 0. The smallest absolute Gasteiger partial charge is 0.230 e. The molecule has 0 spiro atoms. The van der Waals surface area contributed by atoms with Crippen molar-refractivity contribution in [1.82, 2.24) is 10.6 Å². The molecule has 0 aromatic rings. The lowest BCUT2D eigenvalue weighted by atomic mass is 10.5. The van der Waals surface area contributed by atoms with E-state index in [0.29, 0.717) is 18.9 Å². The zero-order valence-corrected chi connectivity index (χ0v) is 10.3. The van der Waals surface area contributed by atoms with Crippen LogP contribution < -0.4 is 10.6 Å². The van der Waals surface area contributed by atoms with Crippen LogP contribution in [0.2, 0.25) is 0 Å². The van der Waals surface area contributed by atoms with Crippen molar-refractivity contribution < 1.29 is 9.53 Å². The molecule has 14 heavy (non-hydrogen) atoms. The summed E-state index contributed by atoms with van der Waals surface area (Å²) >= 11 is 1.53. The van der Waals surface area contributed by atoms with Crippen molar-refractivity contribution >= 4 is 30.1 Å². The Morgan fingerprint density at radius 3 is 2.64 bits per heavy atom. The van der Waals surface area contributed by atoms with Gasteiger partial charge in [-0.2, -0.15) is 11.8 Å². The monoisotopic (exact) mass is 242 g/mol. The molecule has 4 nitrogen and oxygen atoms in total. The quantitative estimate of drug-likeness (QED) is 0.594. The standard InChI is InChI=1S/C8H18N2O2S.ClH/c1-12-6-5-9-3-4-10-8(11)7-13-2;/h9H,3-7H2,1-2H3,(H,10,11);1H. The summed E-state index contributed by atoms with van der Waals surface area (Å²) in [5.41, 5.74) is 0. The van der Waals surface area contributed by atoms with Gasteiger partial charge in [0.15, 0.2) is 0 Å². The van der Waals surface area contributed by atoms with Crippen LogP contribution in [0, 0.1) is 0 Å². The summed E-state index contributed by atoms with van der Waals surface area (Å²) < 4.78 is 4.85. The molecule has 1 amide bonds. The normalized spacial score (nSPS) is 9.29. The number of rotatable bonds is 8. The van der Waals surface area contributed by atoms with E-state index in [1.165, 1.54) is 11.8 Å². The third-order valence-corrected chi connectivity index (χ3v) is 1.93. The minimum absolute atomic E-state index is 0. The van der Waals surface area contributed by atoms with E-state index in [1.807, 2.05) is 6.26 Å². The van der Waals surface area contributed by atoms with E-state index in [1.54, 1.807) is 7.11 Å². The largest absolute Gasteiger partial charge is 0.383 e. The molecule has 6 heteroatoms. The highest BCUT2D eigenvalue weighted by Gasteiger charge is 1.96. The summed E-state index contributed by atoms with van der Waals surface area (Å²) in [6.07, 6.45) is 1.91. The number of carbonyl (C=O) groups excluding carboxylic acids is 1. The van der Waals surface area contributed by atoms with Crippen LogP contribution in [0.3, 0.4) is 0 Å². The SMILES string of the molecule is COCCNCCNC(=O)CSC.Cl. The molecule has 0 saturated heterocycles. The highest BCUT2D eigenvalue weighted by atomic mass is 35.5. The van der Waals surface area contributed by atoms with Crippen LogP contribution in [-0.2, 0) is 9.53 Å². The lowest BCUT2D eigenvalue weighted by Crippen LogP contribution is -2.33. The van der Waals surface area contributed by atoms with Gasteiger partial charge in [0.25, 0.3) is 0 Å². The summed E-state index contributed by atoms with van der Waals surface area (Å²) in [5, 5.41) is 5.93. The molecular weight excluding hydrogens is 224 g/mol. The van der Waals surface area contributed by atoms with Gasteiger partial charge in [-0.15, -0.1) is 12.4 Å². The highest BCUT2D eigenvalue weighted by molar-refractivity contribution is 7.99. The van der Waals surface area contributed by atoms with Gasteiger partial charge in [-0.3, -0.25) is 4.79 Å². The molecule has 0 saturated carbocycles. The van der Waals surface area contributed by atoms with Gasteiger partial charge in [0, 0.05) is 26.7 Å². The Balaban J connectivity index is 0. The molecular formula is C8H19ClN2O2S. The van der Waals surface area contributed by atoms with Crippen molar-refractivity contribution in [1.29, 1.82) is 0 Å². The Hall–Kier alpha value is 0.0300. The number of thioether (sulfide) groups is 1. The van der Waals surface area contributed by atoms with Crippen LogP contribution in [0.15, 0.2) is 0 Å². The van der Waals surface area contributed by atoms with Crippen molar-refractivity contribution in [3.05, 3.63) is 0 Å². The van der Waals surface area contributed by atoms with Crippen LogP contribution in [0.25, 0.3) is 0 Å². The zero-order valence-electron chi connectivity index (χ0n) is 8.67. The van der Waals surface area contributed by atoms with Crippen LogP contribution in [-0.4, -0.2) is 51.3 Å². The second-order valence-corrected chi connectivity index (χ2v) is 3.39. The second kappa shape index (κ2) is 13.0. The van der Waals surface area contributed by atoms with Crippen LogP contribution in [0.1, 0.15) is 0 Å². The third-order valence-electron chi connectivity index (χ3n) is 1.38. The van der Waals surface area contributed by atoms with Crippen molar-refractivity contribution in [3.8, 4) is 0 Å². The number of amides is 1. The first kappa shape index (κ1) is 16.5. The number of hydrogen-bond donors (Lipinski definition) is 2. The number of carbonyl (C=O) groups is 1. The molecule has 0 aliphatic carbocycles. The molecule has 0 atom stereocenters. The Bertz CT molecular complexity index is 139. The van der Waals surface area contributed by atoms with Gasteiger partial charge in [-0.05, 0) is 6.26 Å². The van der Waals surface area contributed by atoms with Gasteiger partial charge < -0.3 is 15.4 Å². The molecule has 0 heterocycles. The van der Waals surface area contributed by atoms with E-state index >= 15 is 0 Å². The molecule has 0 radical (unpaired) electrons. The van der Waals surface area contributed by atoms with Crippen LogP contribution >= 0.6 is 24.2 Å². The minimum Gasteiger partial charge on any atom is -0.383 e. The fraction of sp³-hybridized carbons (Fsp3) is 0.875. The first-order valence-electron chi connectivity index (χ1n) is 4.26. The fourth-order valence-electron chi connectivity index (χ4n) is 0.772. The summed E-state index contributed by atoms with van der Waals surface area (Å²) in [7, 11) is 1.67. The van der Waals surface area contributed by atoms with Gasteiger partial charge in [-0.1, -0.05) is 0 Å². The van der Waals surface area contributed by atoms with E-state index in [2.05, 4.69) is 10.6 Å². The van der Waals surface area contributed by atoms with Crippen molar-refractivity contribution in [2.24, 2.45) is 0 Å². The van der Waals surface area contributed by atoms with E-state index in [-0.39, 0.29) is 18.3 Å². The predicted octanol–water partition coefficient (Wildman–Crippen LogP) is 0.123. The maximum Gasteiger partial charge on any atom is 0.230 e. The maximum absolute atomic E-state index is 10.9. The number of halogens is 1.